The molecule has 6 aromatic heterocycles. The average Bonchev–Trinajstić information content (AvgIpc) is 3.74. The zero-order valence-corrected chi connectivity index (χ0v) is 23.8. The van der Waals surface area contributed by atoms with Gasteiger partial charge in [-0.2, -0.15) is 5.10 Å². The molecule has 6 heterocycles. The van der Waals surface area contributed by atoms with Gasteiger partial charge in [-0.1, -0.05) is 0 Å². The highest BCUT2D eigenvalue weighted by Crippen LogP contribution is 2.51. The Morgan fingerprint density at radius 2 is 1.95 bits per heavy atom. The fourth-order valence-electron chi connectivity index (χ4n) is 7.08. The van der Waals surface area contributed by atoms with E-state index in [4.69, 9.17) is 5.10 Å². The van der Waals surface area contributed by atoms with Crippen molar-refractivity contribution < 1.29 is 4.39 Å². The second kappa shape index (κ2) is 9.90. The summed E-state index contributed by atoms with van der Waals surface area (Å²) in [6, 6.07) is 8.68. The smallest absolute Gasteiger partial charge is 0.182 e. The first-order chi connectivity index (χ1) is 20.5. The quantitative estimate of drug-likeness (QED) is 0.258. The van der Waals surface area contributed by atoms with Gasteiger partial charge in [0.15, 0.2) is 5.82 Å². The summed E-state index contributed by atoms with van der Waals surface area (Å²) in [6.45, 7) is 3.45. The first kappa shape index (κ1) is 25.4. The Hall–Kier alpha value is -4.31. The summed E-state index contributed by atoms with van der Waals surface area (Å²) >= 11 is 0. The maximum Gasteiger partial charge on any atom is 0.182 e. The second-order valence-corrected chi connectivity index (χ2v) is 12.3. The van der Waals surface area contributed by atoms with Crippen molar-refractivity contribution in [3.63, 3.8) is 0 Å². The topological polar surface area (TPSA) is 94.2 Å². The Balaban J connectivity index is 0.947. The highest BCUT2D eigenvalue weighted by atomic mass is 19.1. The van der Waals surface area contributed by atoms with Crippen LogP contribution in [0.3, 0.4) is 0 Å². The monoisotopic (exact) mass is 563 g/mol. The van der Waals surface area contributed by atoms with Gasteiger partial charge in [-0.15, -0.1) is 0 Å². The number of halogens is 1. The number of alkyl halides is 1. The molecule has 214 valence electrons. The minimum absolute atomic E-state index is 0.301. The van der Waals surface area contributed by atoms with Crippen molar-refractivity contribution in [3.8, 4) is 17.1 Å². The Kier molecular flexibility index (Phi) is 5.99. The number of fused-ring (bicyclic) bond motifs is 4. The maximum atomic E-state index is 14.3. The van der Waals surface area contributed by atoms with E-state index in [9.17, 15) is 4.39 Å². The third-order valence-corrected chi connectivity index (χ3v) is 9.45. The highest BCUT2D eigenvalue weighted by molar-refractivity contribution is 5.82. The van der Waals surface area contributed by atoms with E-state index in [0.717, 1.165) is 58.4 Å². The van der Waals surface area contributed by atoms with Crippen LogP contribution < -0.4 is 5.32 Å². The lowest BCUT2D eigenvalue weighted by molar-refractivity contribution is -0.0354. The van der Waals surface area contributed by atoms with Crippen LogP contribution in [0.4, 0.5) is 4.39 Å². The summed E-state index contributed by atoms with van der Waals surface area (Å²) in [7, 11) is 2.03. The molecular formula is C32H34FN9. The van der Waals surface area contributed by atoms with Gasteiger partial charge in [-0.3, -0.25) is 9.97 Å². The van der Waals surface area contributed by atoms with E-state index in [2.05, 4.69) is 84.2 Å². The van der Waals surface area contributed by atoms with E-state index in [-0.39, 0.29) is 0 Å². The zero-order chi connectivity index (χ0) is 28.4. The van der Waals surface area contributed by atoms with Crippen LogP contribution >= 0.6 is 0 Å². The fraction of sp³-hybridized carbons (Fsp3) is 0.375. The Morgan fingerprint density at radius 3 is 2.83 bits per heavy atom. The lowest BCUT2D eigenvalue weighted by Crippen LogP contribution is -2.50. The molecule has 9 rings (SSSR count). The van der Waals surface area contributed by atoms with E-state index in [1.54, 1.807) is 12.5 Å². The molecule has 2 bridgehead atoms. The Labute approximate surface area is 242 Å². The number of aromatic amines is 1. The summed E-state index contributed by atoms with van der Waals surface area (Å²) < 4.78 is 20.3. The van der Waals surface area contributed by atoms with Gasteiger partial charge in [0.1, 0.15) is 12.5 Å². The van der Waals surface area contributed by atoms with Crippen molar-refractivity contribution in [2.24, 2.45) is 24.8 Å². The van der Waals surface area contributed by atoms with Crippen molar-refractivity contribution in [2.75, 3.05) is 0 Å². The first-order valence-corrected chi connectivity index (χ1v) is 14.8. The number of aromatic nitrogens is 8. The molecule has 0 aromatic carbocycles. The molecule has 3 saturated carbocycles. The number of aryl methyl sites for hydroxylation is 1. The molecule has 42 heavy (non-hydrogen) atoms. The molecule has 0 radical (unpaired) electrons. The van der Waals surface area contributed by atoms with E-state index in [1.807, 2.05) is 24.1 Å². The summed E-state index contributed by atoms with van der Waals surface area (Å²) in [5, 5.41) is 10.6. The van der Waals surface area contributed by atoms with Crippen LogP contribution in [-0.4, -0.2) is 51.1 Å². The minimum Gasteiger partial charge on any atom is -0.357 e. The third kappa shape index (κ3) is 4.50. The standard InChI is InChI=1S/C32H34FN9/c1-19(28-10-29(33)22-5-21(28)6-22)35-13-25-7-23-12-36-26(9-30(23)38-25)16-41-18-37-32(39-41)24-8-27(14-34-11-24)42-4-3-20-15-40(2)17-31(20)42/h3-4,7-9,11-12,14-15,17-19,21-22,28-29,35,38H,5-6,10,13,16H2,1-2H3. The molecule has 3 aliphatic carbocycles. The van der Waals surface area contributed by atoms with Crippen molar-refractivity contribution in [1.82, 2.24) is 44.2 Å². The van der Waals surface area contributed by atoms with Gasteiger partial charge in [0.25, 0.3) is 0 Å². The number of nitrogens with one attached hydrogen (secondary N) is 2. The van der Waals surface area contributed by atoms with Crippen molar-refractivity contribution in [3.05, 3.63) is 79.2 Å². The molecule has 9 nitrogen and oxygen atoms in total. The van der Waals surface area contributed by atoms with Gasteiger partial charge >= 0.3 is 0 Å². The van der Waals surface area contributed by atoms with Crippen LogP contribution in [0.1, 0.15) is 37.6 Å². The number of hydrogen-bond acceptors (Lipinski definition) is 5. The number of rotatable bonds is 8. The van der Waals surface area contributed by atoms with E-state index >= 15 is 0 Å². The Morgan fingerprint density at radius 1 is 1.05 bits per heavy atom. The van der Waals surface area contributed by atoms with Crippen LogP contribution in [0.5, 0.6) is 0 Å². The largest absolute Gasteiger partial charge is 0.357 e. The van der Waals surface area contributed by atoms with Gasteiger partial charge in [-0.05, 0) is 68.2 Å². The van der Waals surface area contributed by atoms with Crippen LogP contribution in [0.15, 0.2) is 67.8 Å². The molecule has 6 aromatic rings. The number of hydrogen-bond donors (Lipinski definition) is 2. The van der Waals surface area contributed by atoms with Crippen molar-refractivity contribution in [2.45, 2.75) is 51.5 Å². The van der Waals surface area contributed by atoms with E-state index < -0.39 is 6.17 Å². The van der Waals surface area contributed by atoms with E-state index in [1.165, 1.54) is 5.39 Å². The molecule has 0 amide bonds. The molecular weight excluding hydrogens is 529 g/mol. The fourth-order valence-corrected chi connectivity index (χ4v) is 7.08. The summed E-state index contributed by atoms with van der Waals surface area (Å²) in [5.41, 5.74) is 6.01. The number of H-pyrrole nitrogens is 1. The normalized spacial score (nSPS) is 22.5. The molecule has 0 saturated heterocycles. The van der Waals surface area contributed by atoms with E-state index in [0.29, 0.717) is 42.6 Å². The van der Waals surface area contributed by atoms with Crippen molar-refractivity contribution >= 4 is 21.8 Å². The lowest BCUT2D eigenvalue weighted by Gasteiger charge is -2.50. The SMILES string of the molecule is CC(NCc1cc2cnc(Cn3cnc(-c4cncc(-n5ccc6cn(C)cc65)c4)n3)cc2[nH]1)C1CC(F)C2CC1C2. The molecule has 3 unspecified atom stereocenters. The molecule has 2 N–H and O–H groups in total. The number of nitrogens with zero attached hydrogens (tertiary/aromatic N) is 7. The van der Waals surface area contributed by atoms with Gasteiger partial charge in [0.2, 0.25) is 0 Å². The van der Waals surface area contributed by atoms with Gasteiger partial charge in [0.05, 0.1) is 29.6 Å². The summed E-state index contributed by atoms with van der Waals surface area (Å²) in [5.74, 6) is 2.08. The van der Waals surface area contributed by atoms with Crippen LogP contribution in [-0.2, 0) is 20.1 Å². The molecule has 10 heteroatoms. The predicted molar refractivity (Wildman–Crippen MR) is 160 cm³/mol. The zero-order valence-electron chi connectivity index (χ0n) is 23.8. The summed E-state index contributed by atoms with van der Waals surface area (Å²) in [6.07, 6.45) is 15.8. The first-order valence-electron chi connectivity index (χ1n) is 14.8. The van der Waals surface area contributed by atoms with Crippen LogP contribution in [0.2, 0.25) is 0 Å². The Bertz CT molecular complexity index is 1890. The molecule has 3 aliphatic rings. The molecule has 3 atom stereocenters. The van der Waals surface area contributed by atoms with Gasteiger partial charge in [0, 0.05) is 78.2 Å². The lowest BCUT2D eigenvalue weighted by atomic mass is 9.57. The van der Waals surface area contributed by atoms with Crippen LogP contribution in [0.25, 0.3) is 38.9 Å². The third-order valence-electron chi connectivity index (χ3n) is 9.45. The van der Waals surface area contributed by atoms with Gasteiger partial charge in [-0.25, -0.2) is 14.1 Å². The second-order valence-electron chi connectivity index (χ2n) is 12.3. The van der Waals surface area contributed by atoms with Crippen molar-refractivity contribution in [1.29, 1.82) is 0 Å². The predicted octanol–water partition coefficient (Wildman–Crippen LogP) is 5.41. The molecule has 0 aliphatic heterocycles. The van der Waals surface area contributed by atoms with Crippen LogP contribution in [0, 0.1) is 17.8 Å². The molecule has 0 spiro atoms. The average molecular weight is 564 g/mol. The summed E-state index contributed by atoms with van der Waals surface area (Å²) in [4.78, 5) is 17.2. The minimum atomic E-state index is -0.616. The van der Waals surface area contributed by atoms with Gasteiger partial charge < -0.3 is 19.4 Å². The molecule has 3 fully saturated rings. The maximum absolute atomic E-state index is 14.3. The highest BCUT2D eigenvalue weighted by Gasteiger charge is 2.47. The number of pyridine rings is 2.